The molecule has 5 heteroatoms. The van der Waals surface area contributed by atoms with E-state index in [0.717, 1.165) is 6.42 Å². The van der Waals surface area contributed by atoms with Crippen LogP contribution in [0.5, 0.6) is 11.5 Å². The average molecular weight is 267 g/mol. The molecule has 0 radical (unpaired) electrons. The Morgan fingerprint density at radius 3 is 2.58 bits per heavy atom. The van der Waals surface area contributed by atoms with Crippen LogP contribution in [0.25, 0.3) is 0 Å². The molecule has 5 nitrogen and oxygen atoms in total. The van der Waals surface area contributed by atoms with Gasteiger partial charge in [0.15, 0.2) is 11.5 Å². The first kappa shape index (κ1) is 15.3. The van der Waals surface area contributed by atoms with Gasteiger partial charge in [-0.05, 0) is 31.5 Å². The van der Waals surface area contributed by atoms with Gasteiger partial charge in [-0.25, -0.2) is 0 Å². The maximum Gasteiger partial charge on any atom is 0.251 e. The second kappa shape index (κ2) is 8.37. The summed E-state index contributed by atoms with van der Waals surface area (Å²) in [4.78, 5) is 11.9. The van der Waals surface area contributed by atoms with E-state index in [1.807, 2.05) is 6.92 Å². The van der Waals surface area contributed by atoms with E-state index in [9.17, 15) is 4.79 Å². The van der Waals surface area contributed by atoms with Crippen molar-refractivity contribution in [1.29, 1.82) is 0 Å². The van der Waals surface area contributed by atoms with Crippen LogP contribution in [0.1, 0.15) is 23.7 Å². The van der Waals surface area contributed by atoms with Crippen molar-refractivity contribution >= 4 is 5.91 Å². The summed E-state index contributed by atoms with van der Waals surface area (Å²) in [5.41, 5.74) is 0.550. The Labute approximate surface area is 113 Å². The van der Waals surface area contributed by atoms with Gasteiger partial charge >= 0.3 is 0 Å². The van der Waals surface area contributed by atoms with Crippen molar-refractivity contribution in [3.8, 4) is 11.5 Å². The minimum atomic E-state index is -0.127. The molecule has 0 aliphatic rings. The first-order valence-electron chi connectivity index (χ1n) is 6.30. The molecule has 1 rings (SSSR count). The summed E-state index contributed by atoms with van der Waals surface area (Å²) in [6, 6.07) is 5.09. The SMILES string of the molecule is CCOCCCNC(=O)c1ccc(OC)c(OC)c1. The Morgan fingerprint density at radius 1 is 1.21 bits per heavy atom. The molecule has 1 aromatic carbocycles. The molecule has 0 aliphatic carbocycles. The van der Waals surface area contributed by atoms with Gasteiger partial charge in [0, 0.05) is 25.3 Å². The molecule has 0 fully saturated rings. The molecular formula is C14H21NO4. The highest BCUT2D eigenvalue weighted by Gasteiger charge is 2.09. The maximum absolute atomic E-state index is 11.9. The Morgan fingerprint density at radius 2 is 1.95 bits per heavy atom. The molecule has 0 aliphatic heterocycles. The van der Waals surface area contributed by atoms with Gasteiger partial charge in [0.1, 0.15) is 0 Å². The number of benzene rings is 1. The Balaban J connectivity index is 2.52. The third-order valence-corrected chi connectivity index (χ3v) is 2.60. The quantitative estimate of drug-likeness (QED) is 0.730. The lowest BCUT2D eigenvalue weighted by Crippen LogP contribution is -2.25. The molecular weight excluding hydrogens is 246 g/mol. The number of carbonyl (C=O) groups is 1. The van der Waals surface area contributed by atoms with Gasteiger partial charge in [-0.15, -0.1) is 0 Å². The fourth-order valence-electron chi connectivity index (χ4n) is 1.60. The van der Waals surface area contributed by atoms with Crippen LogP contribution in [-0.2, 0) is 4.74 Å². The van der Waals surface area contributed by atoms with Gasteiger partial charge in [0.05, 0.1) is 14.2 Å². The molecule has 0 spiro atoms. The van der Waals surface area contributed by atoms with Gasteiger partial charge in [-0.2, -0.15) is 0 Å². The van der Waals surface area contributed by atoms with E-state index in [1.165, 1.54) is 0 Å². The molecule has 0 atom stereocenters. The highest BCUT2D eigenvalue weighted by Crippen LogP contribution is 2.27. The first-order chi connectivity index (χ1) is 9.22. The Kier molecular flexibility index (Phi) is 6.74. The zero-order valence-corrected chi connectivity index (χ0v) is 11.7. The lowest BCUT2D eigenvalue weighted by atomic mass is 10.2. The van der Waals surface area contributed by atoms with E-state index in [0.29, 0.717) is 36.8 Å². The molecule has 1 amide bonds. The van der Waals surface area contributed by atoms with Crippen LogP contribution in [0.4, 0.5) is 0 Å². The molecule has 0 unspecified atom stereocenters. The number of nitrogens with one attached hydrogen (secondary N) is 1. The summed E-state index contributed by atoms with van der Waals surface area (Å²) in [5, 5.41) is 2.83. The third kappa shape index (κ3) is 4.79. The molecule has 106 valence electrons. The summed E-state index contributed by atoms with van der Waals surface area (Å²) in [6.45, 7) is 3.89. The van der Waals surface area contributed by atoms with Crippen LogP contribution in [0.3, 0.4) is 0 Å². The number of rotatable bonds is 8. The predicted molar refractivity (Wildman–Crippen MR) is 73.0 cm³/mol. The fourth-order valence-corrected chi connectivity index (χ4v) is 1.60. The largest absolute Gasteiger partial charge is 0.493 e. The van der Waals surface area contributed by atoms with Gasteiger partial charge in [-0.1, -0.05) is 0 Å². The number of hydrogen-bond acceptors (Lipinski definition) is 4. The molecule has 1 N–H and O–H groups in total. The van der Waals surface area contributed by atoms with Gasteiger partial charge in [0.25, 0.3) is 5.91 Å². The molecule has 1 aromatic rings. The van der Waals surface area contributed by atoms with Crippen molar-refractivity contribution in [2.24, 2.45) is 0 Å². The normalized spacial score (nSPS) is 10.1. The number of amides is 1. The monoisotopic (exact) mass is 267 g/mol. The van der Waals surface area contributed by atoms with E-state index in [4.69, 9.17) is 14.2 Å². The zero-order chi connectivity index (χ0) is 14.1. The minimum absolute atomic E-state index is 0.127. The number of hydrogen-bond donors (Lipinski definition) is 1. The van der Waals surface area contributed by atoms with E-state index in [-0.39, 0.29) is 5.91 Å². The van der Waals surface area contributed by atoms with E-state index >= 15 is 0 Å². The Hall–Kier alpha value is -1.75. The second-order valence-corrected chi connectivity index (χ2v) is 3.88. The highest BCUT2D eigenvalue weighted by atomic mass is 16.5. The van der Waals surface area contributed by atoms with Crippen molar-refractivity contribution in [2.45, 2.75) is 13.3 Å². The molecule has 19 heavy (non-hydrogen) atoms. The summed E-state index contributed by atoms with van der Waals surface area (Å²) in [7, 11) is 3.10. The van der Waals surface area contributed by atoms with E-state index in [1.54, 1.807) is 32.4 Å². The molecule has 0 heterocycles. The van der Waals surface area contributed by atoms with Crippen molar-refractivity contribution in [2.75, 3.05) is 34.0 Å². The number of methoxy groups -OCH3 is 2. The lowest BCUT2D eigenvalue weighted by Gasteiger charge is -2.10. The van der Waals surface area contributed by atoms with E-state index in [2.05, 4.69) is 5.32 Å². The van der Waals surface area contributed by atoms with Crippen molar-refractivity contribution in [3.05, 3.63) is 23.8 Å². The molecule has 0 saturated heterocycles. The molecule has 0 bridgehead atoms. The van der Waals surface area contributed by atoms with Gasteiger partial charge < -0.3 is 19.5 Å². The van der Waals surface area contributed by atoms with Crippen LogP contribution >= 0.6 is 0 Å². The van der Waals surface area contributed by atoms with Crippen molar-refractivity contribution < 1.29 is 19.0 Å². The summed E-state index contributed by atoms with van der Waals surface area (Å²) < 4.78 is 15.5. The van der Waals surface area contributed by atoms with Gasteiger partial charge in [0.2, 0.25) is 0 Å². The van der Waals surface area contributed by atoms with Crippen molar-refractivity contribution in [3.63, 3.8) is 0 Å². The van der Waals surface area contributed by atoms with Crippen molar-refractivity contribution in [1.82, 2.24) is 5.32 Å². The molecule has 0 saturated carbocycles. The Bertz CT molecular complexity index is 406. The summed E-state index contributed by atoms with van der Waals surface area (Å²) in [5.74, 6) is 1.03. The molecule has 0 aromatic heterocycles. The van der Waals surface area contributed by atoms with E-state index < -0.39 is 0 Å². The average Bonchev–Trinajstić information content (AvgIpc) is 2.46. The topological polar surface area (TPSA) is 56.8 Å². The highest BCUT2D eigenvalue weighted by molar-refractivity contribution is 5.94. The van der Waals surface area contributed by atoms with Gasteiger partial charge in [-0.3, -0.25) is 4.79 Å². The second-order valence-electron chi connectivity index (χ2n) is 3.88. The maximum atomic E-state index is 11.9. The summed E-state index contributed by atoms with van der Waals surface area (Å²) in [6.07, 6.45) is 0.798. The summed E-state index contributed by atoms with van der Waals surface area (Å²) >= 11 is 0. The first-order valence-corrected chi connectivity index (χ1v) is 6.30. The minimum Gasteiger partial charge on any atom is -0.493 e. The predicted octanol–water partition coefficient (Wildman–Crippen LogP) is 1.86. The van der Waals surface area contributed by atoms with Crippen LogP contribution in [0.15, 0.2) is 18.2 Å². The smallest absolute Gasteiger partial charge is 0.251 e. The standard InChI is InChI=1S/C14H21NO4/c1-4-19-9-5-8-15-14(16)11-6-7-12(17-2)13(10-11)18-3/h6-7,10H,4-5,8-9H2,1-3H3,(H,15,16). The fraction of sp³-hybridized carbons (Fsp3) is 0.500. The van der Waals surface area contributed by atoms with Crippen LogP contribution in [-0.4, -0.2) is 39.9 Å². The number of ether oxygens (including phenoxy) is 3. The third-order valence-electron chi connectivity index (χ3n) is 2.60. The zero-order valence-electron chi connectivity index (χ0n) is 11.7. The van der Waals surface area contributed by atoms with Crippen LogP contribution < -0.4 is 14.8 Å². The lowest BCUT2D eigenvalue weighted by molar-refractivity contribution is 0.0944. The number of carbonyl (C=O) groups excluding carboxylic acids is 1. The van der Waals surface area contributed by atoms with Crippen LogP contribution in [0, 0.1) is 0 Å². The van der Waals surface area contributed by atoms with Crippen LogP contribution in [0.2, 0.25) is 0 Å².